The van der Waals surface area contributed by atoms with Gasteiger partial charge < -0.3 is 14.6 Å². The number of methoxy groups -OCH3 is 1. The van der Waals surface area contributed by atoms with Crippen LogP contribution in [0.3, 0.4) is 0 Å². The van der Waals surface area contributed by atoms with Crippen LogP contribution in [0.4, 0.5) is 5.82 Å². The first-order valence-corrected chi connectivity index (χ1v) is 10.3. The second-order valence-electron chi connectivity index (χ2n) is 5.68. The minimum Gasteiger partial charge on any atom is -0.505 e. The van der Waals surface area contributed by atoms with Crippen LogP contribution < -0.4 is 9.04 Å². The van der Waals surface area contributed by atoms with Gasteiger partial charge in [0.1, 0.15) is 16.4 Å². The summed E-state index contributed by atoms with van der Waals surface area (Å²) in [5.41, 5.74) is 1.13. The number of aryl methyl sites for hydroxylation is 1. The molecule has 0 aliphatic carbocycles. The minimum atomic E-state index is -4.09. The molecule has 3 rings (SSSR count). The Hall–Kier alpha value is -2.54. The minimum absolute atomic E-state index is 0.0696. The zero-order valence-corrected chi connectivity index (χ0v) is 16.4. The topological polar surface area (TPSA) is 89.0 Å². The van der Waals surface area contributed by atoms with Gasteiger partial charge in [0.25, 0.3) is 15.2 Å². The Morgan fingerprint density at radius 2 is 2.07 bits per heavy atom. The third-order valence-electron chi connectivity index (χ3n) is 3.94. The SMILES string of the molecule is C#CCN1c2nc(OCCOC)sc2C(O)=C(c2ccccc2C)S1(=O)=O. The first-order valence-electron chi connectivity index (χ1n) is 8.00. The Bertz CT molecular complexity index is 1030. The van der Waals surface area contributed by atoms with Gasteiger partial charge in [0, 0.05) is 12.7 Å². The molecule has 0 saturated heterocycles. The molecule has 0 fully saturated rings. The Kier molecular flexibility index (Phi) is 5.41. The fraction of sp³-hybridized carbons (Fsp3) is 0.278. The molecule has 0 atom stereocenters. The maximum absolute atomic E-state index is 13.2. The van der Waals surface area contributed by atoms with Gasteiger partial charge >= 0.3 is 0 Å². The van der Waals surface area contributed by atoms with Crippen LogP contribution in [0.2, 0.25) is 0 Å². The van der Waals surface area contributed by atoms with E-state index in [0.29, 0.717) is 22.6 Å². The van der Waals surface area contributed by atoms with Crippen molar-refractivity contribution in [3.05, 3.63) is 40.3 Å². The van der Waals surface area contributed by atoms with Crippen molar-refractivity contribution < 1.29 is 23.0 Å². The van der Waals surface area contributed by atoms with E-state index < -0.39 is 10.0 Å². The number of ether oxygens (including phenoxy) is 2. The lowest BCUT2D eigenvalue weighted by Gasteiger charge is -2.27. The number of hydrogen-bond acceptors (Lipinski definition) is 7. The molecule has 0 unspecified atom stereocenters. The van der Waals surface area contributed by atoms with Gasteiger partial charge in [-0.05, 0) is 12.5 Å². The van der Waals surface area contributed by atoms with Crippen LogP contribution in [0.1, 0.15) is 16.0 Å². The van der Waals surface area contributed by atoms with E-state index in [1.54, 1.807) is 38.3 Å². The molecule has 0 saturated carbocycles. The van der Waals surface area contributed by atoms with Gasteiger partial charge in [0.15, 0.2) is 11.6 Å². The third kappa shape index (κ3) is 3.39. The van der Waals surface area contributed by atoms with Gasteiger partial charge in [-0.2, -0.15) is 4.98 Å². The van der Waals surface area contributed by atoms with Gasteiger partial charge in [-0.15, -0.1) is 6.42 Å². The molecule has 1 aromatic heterocycles. The molecular formula is C18H18N2O5S2. The summed E-state index contributed by atoms with van der Waals surface area (Å²) in [7, 11) is -2.55. The number of aliphatic hydroxyl groups is 1. The summed E-state index contributed by atoms with van der Waals surface area (Å²) >= 11 is 1.06. The third-order valence-corrected chi connectivity index (χ3v) is 6.72. The van der Waals surface area contributed by atoms with E-state index in [4.69, 9.17) is 15.9 Å². The predicted octanol–water partition coefficient (Wildman–Crippen LogP) is 2.64. The van der Waals surface area contributed by atoms with Gasteiger partial charge in [-0.25, -0.2) is 12.7 Å². The van der Waals surface area contributed by atoms with Crippen LogP contribution in [-0.2, 0) is 14.8 Å². The second kappa shape index (κ2) is 7.60. The van der Waals surface area contributed by atoms with Crippen molar-refractivity contribution in [3.8, 4) is 17.5 Å². The van der Waals surface area contributed by atoms with Crippen LogP contribution >= 0.6 is 11.3 Å². The number of thiazole rings is 1. The van der Waals surface area contributed by atoms with Crippen molar-refractivity contribution in [2.45, 2.75) is 6.92 Å². The standard InChI is InChI=1S/C18H18N2O5S2/c1-4-9-20-17-15(26-18(19-17)25-11-10-24-3)14(21)16(27(20,22)23)13-8-6-5-7-12(13)2/h1,5-8,21H,9-11H2,2-3H3. The number of hydrogen-bond donors (Lipinski definition) is 1. The first-order chi connectivity index (χ1) is 12.9. The molecule has 0 amide bonds. The highest BCUT2D eigenvalue weighted by Crippen LogP contribution is 2.46. The summed E-state index contributed by atoms with van der Waals surface area (Å²) in [6.45, 7) is 2.17. The number of fused-ring (bicyclic) bond motifs is 1. The number of terminal acetylenes is 1. The molecule has 1 N–H and O–H groups in total. The summed E-state index contributed by atoms with van der Waals surface area (Å²) in [4.78, 5) is 4.33. The summed E-state index contributed by atoms with van der Waals surface area (Å²) < 4.78 is 37.9. The van der Waals surface area contributed by atoms with Crippen molar-refractivity contribution in [3.63, 3.8) is 0 Å². The molecule has 27 heavy (non-hydrogen) atoms. The Balaban J connectivity index is 2.19. The van der Waals surface area contributed by atoms with Crippen LogP contribution in [0.5, 0.6) is 5.19 Å². The zero-order valence-electron chi connectivity index (χ0n) is 14.8. The number of rotatable bonds is 6. The van der Waals surface area contributed by atoms with E-state index in [-0.39, 0.29) is 34.8 Å². The van der Waals surface area contributed by atoms with Gasteiger partial charge in [-0.1, -0.05) is 41.5 Å². The van der Waals surface area contributed by atoms with Crippen LogP contribution in [0, 0.1) is 19.3 Å². The Labute approximate surface area is 161 Å². The summed E-state index contributed by atoms with van der Waals surface area (Å²) in [6.07, 6.45) is 5.38. The maximum Gasteiger partial charge on any atom is 0.276 e. The number of aromatic nitrogens is 1. The summed E-state index contributed by atoms with van der Waals surface area (Å²) in [6, 6.07) is 6.93. The van der Waals surface area contributed by atoms with Gasteiger partial charge in [0.2, 0.25) is 0 Å². The number of sulfonamides is 1. The number of anilines is 1. The average Bonchev–Trinajstić information content (AvgIpc) is 3.04. The Morgan fingerprint density at radius 1 is 1.33 bits per heavy atom. The van der Waals surface area contributed by atoms with E-state index in [1.165, 1.54) is 0 Å². The van der Waals surface area contributed by atoms with Crippen molar-refractivity contribution in [1.82, 2.24) is 4.98 Å². The van der Waals surface area contributed by atoms with E-state index in [1.807, 2.05) is 0 Å². The van der Waals surface area contributed by atoms with Crippen molar-refractivity contribution in [1.29, 1.82) is 0 Å². The summed E-state index contributed by atoms with van der Waals surface area (Å²) in [5, 5.41) is 11.0. The second-order valence-corrected chi connectivity index (χ2v) is 8.44. The Morgan fingerprint density at radius 3 is 2.74 bits per heavy atom. The van der Waals surface area contributed by atoms with Gasteiger partial charge in [-0.3, -0.25) is 0 Å². The lowest BCUT2D eigenvalue weighted by atomic mass is 10.1. The van der Waals surface area contributed by atoms with Crippen molar-refractivity contribution in [2.75, 3.05) is 31.2 Å². The molecule has 1 aromatic carbocycles. The molecule has 142 valence electrons. The molecule has 7 nitrogen and oxygen atoms in total. The van der Waals surface area contributed by atoms with Crippen molar-refractivity contribution in [2.24, 2.45) is 0 Å². The highest BCUT2D eigenvalue weighted by atomic mass is 32.2. The molecule has 2 heterocycles. The summed E-state index contributed by atoms with van der Waals surface area (Å²) in [5.74, 6) is 2.06. The molecule has 0 bridgehead atoms. The van der Waals surface area contributed by atoms with Crippen molar-refractivity contribution >= 4 is 37.8 Å². The fourth-order valence-electron chi connectivity index (χ4n) is 2.68. The maximum atomic E-state index is 13.2. The fourth-order valence-corrected chi connectivity index (χ4v) is 5.37. The van der Waals surface area contributed by atoms with Gasteiger partial charge in [0.05, 0.1) is 13.2 Å². The average molecular weight is 406 g/mol. The zero-order chi connectivity index (χ0) is 19.6. The molecule has 0 radical (unpaired) electrons. The van der Waals surface area contributed by atoms with Crippen LogP contribution in [0.15, 0.2) is 24.3 Å². The van der Waals surface area contributed by atoms with E-state index in [2.05, 4.69) is 10.9 Å². The first kappa shape index (κ1) is 19.2. The van der Waals surface area contributed by atoms with E-state index in [0.717, 1.165) is 15.6 Å². The van der Waals surface area contributed by atoms with E-state index in [9.17, 15) is 13.5 Å². The largest absolute Gasteiger partial charge is 0.505 e. The highest BCUT2D eigenvalue weighted by Gasteiger charge is 2.41. The smallest absolute Gasteiger partial charge is 0.276 e. The molecule has 1 aliphatic rings. The molecule has 9 heteroatoms. The van der Waals surface area contributed by atoms with Crippen LogP contribution in [0.25, 0.3) is 10.7 Å². The normalized spacial score (nSPS) is 15.4. The molecule has 0 spiro atoms. The number of aliphatic hydroxyl groups excluding tert-OH is 1. The molecular weight excluding hydrogens is 388 g/mol. The quantitative estimate of drug-likeness (QED) is 0.586. The van der Waals surface area contributed by atoms with E-state index >= 15 is 0 Å². The lowest BCUT2D eigenvalue weighted by Crippen LogP contribution is -2.35. The predicted molar refractivity (Wildman–Crippen MR) is 105 cm³/mol. The van der Waals surface area contributed by atoms with Crippen LogP contribution in [-0.4, -0.2) is 45.4 Å². The molecule has 2 aromatic rings. The number of benzene rings is 1. The number of nitrogens with zero attached hydrogens (tertiary/aromatic N) is 2. The lowest BCUT2D eigenvalue weighted by molar-refractivity contribution is 0.146. The monoisotopic (exact) mass is 406 g/mol. The highest BCUT2D eigenvalue weighted by molar-refractivity contribution is 8.02. The molecule has 1 aliphatic heterocycles.